The van der Waals surface area contributed by atoms with E-state index in [4.69, 9.17) is 26.9 Å². The molecule has 0 spiro atoms. The smallest absolute Gasteiger partial charge is 0.365 e. The molecule has 0 aliphatic carbocycles. The molecule has 22 heavy (non-hydrogen) atoms. The minimum Gasteiger partial charge on any atom is -0.496 e. The molecule has 5 nitrogen and oxygen atoms in total. The van der Waals surface area contributed by atoms with Crippen LogP contribution in [0.3, 0.4) is 0 Å². The largest absolute Gasteiger partial charge is 0.496 e. The number of oxime groups is 1. The molecule has 7 heteroatoms. The molecule has 0 saturated carbocycles. The fourth-order valence-corrected chi connectivity index (χ4v) is 1.83. The molecular weight excluding hydrogens is 311 g/mol. The molecule has 2 N–H and O–H groups in total. The highest BCUT2D eigenvalue weighted by Crippen LogP contribution is 2.22. The van der Waals surface area contributed by atoms with Crippen LogP contribution >= 0.6 is 11.6 Å². The van der Waals surface area contributed by atoms with E-state index in [2.05, 4.69) is 5.16 Å². The first-order valence-corrected chi connectivity index (χ1v) is 6.53. The molecule has 0 fully saturated rings. The number of ether oxygens (including phenoxy) is 1. The Morgan fingerprint density at radius 2 is 1.91 bits per heavy atom. The normalized spacial score (nSPS) is 11.1. The molecule has 0 aliphatic rings. The third kappa shape index (κ3) is 3.73. The fourth-order valence-electron chi connectivity index (χ4n) is 1.66. The Labute approximate surface area is 131 Å². The quantitative estimate of drug-likeness (QED) is 0.406. The molecule has 0 heterocycles. The van der Waals surface area contributed by atoms with E-state index in [9.17, 15) is 9.18 Å². The standard InChI is InChI=1S/C15H12ClFN2O3/c1-21-13-7-4-10(16)8-12(13)14(18)19-22-15(20)9-2-5-11(17)6-3-9/h2-8H,1H3,(H2,18,19). The van der Waals surface area contributed by atoms with Gasteiger partial charge < -0.3 is 15.3 Å². The van der Waals surface area contributed by atoms with Crippen LogP contribution in [0.25, 0.3) is 0 Å². The highest BCUT2D eigenvalue weighted by Gasteiger charge is 2.11. The lowest BCUT2D eigenvalue weighted by atomic mass is 10.2. The molecule has 114 valence electrons. The maximum absolute atomic E-state index is 12.8. The van der Waals surface area contributed by atoms with Gasteiger partial charge in [0.05, 0.1) is 18.2 Å². The minimum absolute atomic E-state index is 0.0742. The Kier molecular flexibility index (Phi) is 4.95. The van der Waals surface area contributed by atoms with Crippen LogP contribution in [-0.2, 0) is 4.84 Å². The van der Waals surface area contributed by atoms with Crippen molar-refractivity contribution in [1.29, 1.82) is 0 Å². The predicted molar refractivity (Wildman–Crippen MR) is 80.5 cm³/mol. The minimum atomic E-state index is -0.760. The average Bonchev–Trinajstić information content (AvgIpc) is 2.53. The van der Waals surface area contributed by atoms with Gasteiger partial charge >= 0.3 is 5.97 Å². The highest BCUT2D eigenvalue weighted by atomic mass is 35.5. The second-order valence-electron chi connectivity index (χ2n) is 4.21. The van der Waals surface area contributed by atoms with Gasteiger partial charge in [-0.2, -0.15) is 0 Å². The van der Waals surface area contributed by atoms with Gasteiger partial charge in [0.2, 0.25) is 0 Å². The fraction of sp³-hybridized carbons (Fsp3) is 0.0667. The van der Waals surface area contributed by atoms with Crippen LogP contribution in [0.2, 0.25) is 5.02 Å². The predicted octanol–water partition coefficient (Wildman–Crippen LogP) is 2.97. The molecular formula is C15H12ClFN2O3. The Hall–Kier alpha value is -2.60. The molecule has 2 aromatic carbocycles. The Morgan fingerprint density at radius 1 is 1.23 bits per heavy atom. The van der Waals surface area contributed by atoms with E-state index in [1.807, 2.05) is 0 Å². The number of nitrogens with zero attached hydrogens (tertiary/aromatic N) is 1. The maximum atomic E-state index is 12.8. The number of hydrogen-bond donors (Lipinski definition) is 1. The van der Waals surface area contributed by atoms with Crippen molar-refractivity contribution in [3.8, 4) is 5.75 Å². The van der Waals surface area contributed by atoms with Crippen LogP contribution in [0.15, 0.2) is 47.6 Å². The van der Waals surface area contributed by atoms with Crippen molar-refractivity contribution >= 4 is 23.4 Å². The molecule has 0 amide bonds. The molecule has 0 bridgehead atoms. The first-order valence-electron chi connectivity index (χ1n) is 6.15. The summed E-state index contributed by atoms with van der Waals surface area (Å²) in [6.45, 7) is 0. The molecule has 2 aromatic rings. The molecule has 0 atom stereocenters. The van der Waals surface area contributed by atoms with Gasteiger partial charge in [-0.25, -0.2) is 9.18 Å². The number of halogens is 2. The van der Waals surface area contributed by atoms with Gasteiger partial charge in [0.15, 0.2) is 5.84 Å². The van der Waals surface area contributed by atoms with Crippen molar-refractivity contribution in [3.05, 3.63) is 64.4 Å². The first kappa shape index (κ1) is 15.8. The van der Waals surface area contributed by atoms with Gasteiger partial charge in [0.1, 0.15) is 11.6 Å². The Bertz CT molecular complexity index is 717. The lowest BCUT2D eigenvalue weighted by Crippen LogP contribution is -2.16. The monoisotopic (exact) mass is 322 g/mol. The molecule has 0 radical (unpaired) electrons. The summed E-state index contributed by atoms with van der Waals surface area (Å²) in [7, 11) is 1.46. The van der Waals surface area contributed by atoms with E-state index in [1.54, 1.807) is 12.1 Å². The summed E-state index contributed by atoms with van der Waals surface area (Å²) >= 11 is 5.88. The second kappa shape index (κ2) is 6.91. The summed E-state index contributed by atoms with van der Waals surface area (Å²) in [5.74, 6) is -0.856. The molecule has 0 aliphatic heterocycles. The van der Waals surface area contributed by atoms with Crippen molar-refractivity contribution in [2.75, 3.05) is 7.11 Å². The van der Waals surface area contributed by atoms with Gasteiger partial charge in [-0.3, -0.25) is 0 Å². The van der Waals surface area contributed by atoms with Crippen LogP contribution in [0.1, 0.15) is 15.9 Å². The zero-order valence-electron chi connectivity index (χ0n) is 11.5. The number of hydrogen-bond acceptors (Lipinski definition) is 4. The van der Waals surface area contributed by atoms with Crippen molar-refractivity contribution in [2.45, 2.75) is 0 Å². The van der Waals surface area contributed by atoms with E-state index in [0.29, 0.717) is 16.3 Å². The number of methoxy groups -OCH3 is 1. The lowest BCUT2D eigenvalue weighted by molar-refractivity contribution is 0.0516. The summed E-state index contributed by atoms with van der Waals surface area (Å²) < 4.78 is 17.9. The Morgan fingerprint density at radius 3 is 2.55 bits per heavy atom. The summed E-state index contributed by atoms with van der Waals surface area (Å²) in [4.78, 5) is 16.5. The van der Waals surface area contributed by atoms with Crippen molar-refractivity contribution in [2.24, 2.45) is 10.9 Å². The number of carbonyl (C=O) groups excluding carboxylic acids is 1. The third-order valence-corrected chi connectivity index (χ3v) is 2.98. The highest BCUT2D eigenvalue weighted by molar-refractivity contribution is 6.31. The average molecular weight is 323 g/mol. The van der Waals surface area contributed by atoms with Gasteiger partial charge in [-0.1, -0.05) is 16.8 Å². The van der Waals surface area contributed by atoms with Gasteiger partial charge in [-0.05, 0) is 42.5 Å². The zero-order valence-corrected chi connectivity index (χ0v) is 12.3. The van der Waals surface area contributed by atoms with Crippen LogP contribution < -0.4 is 10.5 Å². The summed E-state index contributed by atoms with van der Waals surface area (Å²) in [5.41, 5.74) is 6.30. The summed E-state index contributed by atoms with van der Waals surface area (Å²) in [6.07, 6.45) is 0. The van der Waals surface area contributed by atoms with Crippen LogP contribution in [0.4, 0.5) is 4.39 Å². The first-order chi connectivity index (χ1) is 10.5. The van der Waals surface area contributed by atoms with Crippen LogP contribution in [0.5, 0.6) is 5.75 Å². The molecule has 2 rings (SSSR count). The topological polar surface area (TPSA) is 73.9 Å². The zero-order chi connectivity index (χ0) is 16.1. The molecule has 0 saturated heterocycles. The van der Waals surface area contributed by atoms with Crippen LogP contribution in [-0.4, -0.2) is 18.9 Å². The number of rotatable bonds is 4. The second-order valence-corrected chi connectivity index (χ2v) is 4.64. The lowest BCUT2D eigenvalue weighted by Gasteiger charge is -2.07. The Balaban J connectivity index is 2.17. The van der Waals surface area contributed by atoms with E-state index >= 15 is 0 Å². The van der Waals surface area contributed by atoms with Crippen molar-refractivity contribution < 1.29 is 18.8 Å². The summed E-state index contributed by atoms with van der Waals surface area (Å²) in [6, 6.07) is 9.62. The maximum Gasteiger partial charge on any atom is 0.365 e. The van der Waals surface area contributed by atoms with Crippen molar-refractivity contribution in [3.63, 3.8) is 0 Å². The van der Waals surface area contributed by atoms with E-state index in [1.165, 1.54) is 25.3 Å². The van der Waals surface area contributed by atoms with E-state index in [0.717, 1.165) is 12.1 Å². The van der Waals surface area contributed by atoms with Crippen molar-refractivity contribution in [1.82, 2.24) is 0 Å². The number of carbonyl (C=O) groups is 1. The van der Waals surface area contributed by atoms with Crippen LogP contribution in [0, 0.1) is 5.82 Å². The molecule has 0 aromatic heterocycles. The van der Waals surface area contributed by atoms with Gasteiger partial charge in [-0.15, -0.1) is 0 Å². The van der Waals surface area contributed by atoms with E-state index in [-0.39, 0.29) is 11.4 Å². The molecule has 0 unspecified atom stereocenters. The number of amidine groups is 1. The third-order valence-electron chi connectivity index (χ3n) is 2.74. The van der Waals surface area contributed by atoms with E-state index < -0.39 is 11.8 Å². The van der Waals surface area contributed by atoms with Gasteiger partial charge in [0.25, 0.3) is 0 Å². The SMILES string of the molecule is COc1ccc(Cl)cc1/C(N)=N/OC(=O)c1ccc(F)cc1. The number of nitrogens with two attached hydrogens (primary N) is 1. The summed E-state index contributed by atoms with van der Waals surface area (Å²) in [5, 5.41) is 3.98. The van der Waals surface area contributed by atoms with Gasteiger partial charge in [0, 0.05) is 5.02 Å². The number of benzene rings is 2.